The Morgan fingerprint density at radius 3 is 1.85 bits per heavy atom. The van der Waals surface area contributed by atoms with Crippen LogP contribution in [0.15, 0.2) is 199 Å². The van der Waals surface area contributed by atoms with E-state index in [0.29, 0.717) is 0 Å². The van der Waals surface area contributed by atoms with E-state index >= 15 is 0 Å². The van der Waals surface area contributed by atoms with Crippen molar-refractivity contribution >= 4 is 82.4 Å². The highest BCUT2D eigenvalue weighted by Gasteiger charge is 2.22. The van der Waals surface area contributed by atoms with Crippen LogP contribution in [0.3, 0.4) is 0 Å². The number of furan rings is 1. The van der Waals surface area contributed by atoms with E-state index in [2.05, 4.69) is 204 Å². The van der Waals surface area contributed by atoms with E-state index in [1.807, 2.05) is 0 Å². The second-order valence-electron chi connectivity index (χ2n) is 13.7. The first-order valence-corrected chi connectivity index (χ1v) is 18.1. The van der Waals surface area contributed by atoms with Gasteiger partial charge in [-0.25, -0.2) is 0 Å². The fourth-order valence-corrected chi connectivity index (χ4v) is 8.35. The van der Waals surface area contributed by atoms with E-state index in [-0.39, 0.29) is 0 Å². The Morgan fingerprint density at radius 1 is 0.396 bits per heavy atom. The third kappa shape index (κ3) is 4.61. The Hall–Kier alpha value is -7.10. The molecule has 53 heavy (non-hydrogen) atoms. The zero-order valence-corrected chi connectivity index (χ0v) is 28.8. The average Bonchev–Trinajstić information content (AvgIpc) is 3.77. The van der Waals surface area contributed by atoms with Crippen LogP contribution in [-0.4, -0.2) is 4.57 Å². The highest BCUT2D eigenvalue weighted by Crippen LogP contribution is 2.45. The van der Waals surface area contributed by atoms with Crippen molar-refractivity contribution in [3.63, 3.8) is 0 Å². The zero-order chi connectivity index (χ0) is 34.9. The topological polar surface area (TPSA) is 21.3 Å². The molecule has 248 valence electrons. The van der Waals surface area contributed by atoms with Gasteiger partial charge in [-0.05, 0) is 94.0 Å². The van der Waals surface area contributed by atoms with E-state index in [9.17, 15) is 0 Å². The minimum atomic E-state index is 0.871. The molecule has 0 aliphatic rings. The molecular weight excluding hydrogens is 645 g/mol. The largest absolute Gasteiger partial charge is 0.455 e. The van der Waals surface area contributed by atoms with Crippen LogP contribution in [0.2, 0.25) is 0 Å². The number of hydrogen-bond donors (Lipinski definition) is 0. The summed E-state index contributed by atoms with van der Waals surface area (Å²) in [5.74, 6) is 0. The van der Waals surface area contributed by atoms with E-state index in [4.69, 9.17) is 4.42 Å². The molecule has 3 nitrogen and oxygen atoms in total. The molecule has 0 fully saturated rings. The van der Waals surface area contributed by atoms with Crippen LogP contribution in [0.25, 0.3) is 82.1 Å². The summed E-state index contributed by atoms with van der Waals surface area (Å²) in [7, 11) is 0. The van der Waals surface area contributed by atoms with Crippen LogP contribution in [0.5, 0.6) is 0 Å². The van der Waals surface area contributed by atoms with Gasteiger partial charge in [0.15, 0.2) is 0 Å². The predicted molar refractivity (Wildman–Crippen MR) is 223 cm³/mol. The number of anilines is 3. The molecule has 2 aromatic heterocycles. The van der Waals surface area contributed by atoms with E-state index in [0.717, 1.165) is 61.1 Å². The second kappa shape index (κ2) is 11.7. The third-order valence-corrected chi connectivity index (χ3v) is 10.7. The van der Waals surface area contributed by atoms with Crippen molar-refractivity contribution in [1.29, 1.82) is 0 Å². The van der Waals surface area contributed by atoms with Crippen LogP contribution < -0.4 is 4.90 Å². The fourth-order valence-electron chi connectivity index (χ4n) is 8.35. The molecule has 0 aliphatic carbocycles. The van der Waals surface area contributed by atoms with Crippen LogP contribution in [0.4, 0.5) is 17.1 Å². The number of benzene rings is 9. The maximum atomic E-state index is 6.83. The molecule has 11 rings (SSSR count). The lowest BCUT2D eigenvalue weighted by molar-refractivity contribution is 0.673. The molecule has 9 aromatic carbocycles. The number of para-hydroxylation sites is 2. The van der Waals surface area contributed by atoms with Gasteiger partial charge in [-0.2, -0.15) is 0 Å². The van der Waals surface area contributed by atoms with Crippen molar-refractivity contribution in [1.82, 2.24) is 4.57 Å². The van der Waals surface area contributed by atoms with Gasteiger partial charge in [0.05, 0.1) is 22.1 Å². The van der Waals surface area contributed by atoms with Gasteiger partial charge in [-0.15, -0.1) is 0 Å². The van der Waals surface area contributed by atoms with E-state index < -0.39 is 0 Å². The summed E-state index contributed by atoms with van der Waals surface area (Å²) in [6.45, 7) is 0. The Bertz CT molecular complexity index is 3160. The summed E-state index contributed by atoms with van der Waals surface area (Å²) in [6.07, 6.45) is 0. The average molecular weight is 677 g/mol. The number of fused-ring (bicyclic) bond motifs is 10. The molecule has 0 atom stereocenters. The Balaban J connectivity index is 1.16. The van der Waals surface area contributed by atoms with Gasteiger partial charge in [-0.1, -0.05) is 127 Å². The maximum absolute atomic E-state index is 6.83. The first-order chi connectivity index (χ1) is 26.3. The quantitative estimate of drug-likeness (QED) is 0.169. The molecule has 0 saturated heterocycles. The van der Waals surface area contributed by atoms with Gasteiger partial charge in [0.1, 0.15) is 11.2 Å². The molecule has 0 spiro atoms. The lowest BCUT2D eigenvalue weighted by Gasteiger charge is -2.28. The van der Waals surface area contributed by atoms with E-state index in [1.165, 1.54) is 38.1 Å². The van der Waals surface area contributed by atoms with Gasteiger partial charge in [0.2, 0.25) is 0 Å². The highest BCUT2D eigenvalue weighted by molar-refractivity contribution is 6.24. The molecule has 0 saturated carbocycles. The molecule has 0 amide bonds. The Kier molecular flexibility index (Phi) is 6.55. The van der Waals surface area contributed by atoms with Crippen LogP contribution in [0, 0.1) is 0 Å². The van der Waals surface area contributed by atoms with Gasteiger partial charge in [0.25, 0.3) is 0 Å². The molecule has 0 aliphatic heterocycles. The first-order valence-electron chi connectivity index (χ1n) is 18.1. The normalized spacial score (nSPS) is 11.8. The molecular formula is C50H32N2O. The summed E-state index contributed by atoms with van der Waals surface area (Å²) in [5.41, 5.74) is 10.9. The summed E-state index contributed by atoms with van der Waals surface area (Å²) >= 11 is 0. The number of nitrogens with zero attached hydrogens (tertiary/aromatic N) is 2. The van der Waals surface area contributed by atoms with E-state index in [1.54, 1.807) is 0 Å². The lowest BCUT2D eigenvalue weighted by atomic mass is 9.98. The summed E-state index contributed by atoms with van der Waals surface area (Å²) in [6, 6.07) is 69.6. The number of hydrogen-bond acceptors (Lipinski definition) is 2. The van der Waals surface area contributed by atoms with Crippen LogP contribution in [0.1, 0.15) is 0 Å². The smallest absolute Gasteiger partial charge is 0.145 e. The standard InChI is InChI=1S/C50H32N2O/c1-3-13-33(14-4-1)34-23-25-37(26-24-34)51(47-31-35-15-7-8-18-39(35)40-19-9-10-20-41(40)47)38-27-30-48-44(32-38)42-28-29-46-49(50(42)53-48)43-21-11-12-22-45(43)52(46)36-16-5-2-6-17-36/h1-32H. The minimum absolute atomic E-state index is 0.871. The van der Waals surface area contributed by atoms with Crippen molar-refractivity contribution in [2.45, 2.75) is 0 Å². The van der Waals surface area contributed by atoms with Gasteiger partial charge in [0, 0.05) is 38.6 Å². The maximum Gasteiger partial charge on any atom is 0.145 e. The molecule has 11 aromatic rings. The number of aromatic nitrogens is 1. The third-order valence-electron chi connectivity index (χ3n) is 10.7. The first kappa shape index (κ1) is 29.6. The van der Waals surface area contributed by atoms with Gasteiger partial charge in [-0.3, -0.25) is 0 Å². The SMILES string of the molecule is c1ccc(-c2ccc(N(c3ccc4oc5c(ccc6c5c5ccccc5n6-c5ccccc5)c4c3)c3cc4ccccc4c4ccccc34)cc2)cc1. The molecule has 0 bridgehead atoms. The zero-order valence-electron chi connectivity index (χ0n) is 28.8. The van der Waals surface area contributed by atoms with Crippen LogP contribution in [-0.2, 0) is 0 Å². The summed E-state index contributed by atoms with van der Waals surface area (Å²) in [5, 5.41) is 9.40. The Labute approximate surface area is 306 Å². The Morgan fingerprint density at radius 2 is 1.04 bits per heavy atom. The van der Waals surface area contributed by atoms with Gasteiger partial charge < -0.3 is 13.9 Å². The number of rotatable bonds is 5. The fraction of sp³-hybridized carbons (Fsp3) is 0. The molecule has 0 N–H and O–H groups in total. The predicted octanol–water partition coefficient (Wildman–Crippen LogP) is 14.1. The van der Waals surface area contributed by atoms with Crippen molar-refractivity contribution < 1.29 is 4.42 Å². The molecule has 0 radical (unpaired) electrons. The van der Waals surface area contributed by atoms with Gasteiger partial charge >= 0.3 is 0 Å². The second-order valence-corrected chi connectivity index (χ2v) is 13.7. The van der Waals surface area contributed by atoms with Crippen molar-refractivity contribution in [2.24, 2.45) is 0 Å². The van der Waals surface area contributed by atoms with Crippen LogP contribution >= 0.6 is 0 Å². The minimum Gasteiger partial charge on any atom is -0.455 e. The lowest BCUT2D eigenvalue weighted by Crippen LogP contribution is -2.10. The van der Waals surface area contributed by atoms with Crippen molar-refractivity contribution in [2.75, 3.05) is 4.90 Å². The van der Waals surface area contributed by atoms with Crippen molar-refractivity contribution in [3.05, 3.63) is 194 Å². The summed E-state index contributed by atoms with van der Waals surface area (Å²) in [4.78, 5) is 2.40. The highest BCUT2D eigenvalue weighted by atomic mass is 16.3. The molecule has 0 unspecified atom stereocenters. The summed E-state index contributed by atoms with van der Waals surface area (Å²) < 4.78 is 9.17. The molecule has 2 heterocycles. The van der Waals surface area contributed by atoms with Crippen molar-refractivity contribution in [3.8, 4) is 16.8 Å². The monoisotopic (exact) mass is 676 g/mol. The molecule has 3 heteroatoms.